The number of rotatable bonds is 3. The molecule has 1 aliphatic heterocycles. The van der Waals surface area contributed by atoms with Gasteiger partial charge in [-0.2, -0.15) is 0 Å². The summed E-state index contributed by atoms with van der Waals surface area (Å²) < 4.78 is 0. The zero-order valence-corrected chi connectivity index (χ0v) is 11.4. The summed E-state index contributed by atoms with van der Waals surface area (Å²) in [5, 5.41) is 2.81. The Kier molecular flexibility index (Phi) is 4.20. The summed E-state index contributed by atoms with van der Waals surface area (Å²) in [5.41, 5.74) is 0.994. The summed E-state index contributed by atoms with van der Waals surface area (Å²) in [4.78, 5) is 26.1. The fraction of sp³-hybridized carbons (Fsp3) is 0.467. The topological polar surface area (TPSA) is 49.4 Å². The smallest absolute Gasteiger partial charge is 0.242 e. The lowest BCUT2D eigenvalue weighted by molar-refractivity contribution is -0.144. The van der Waals surface area contributed by atoms with E-state index in [0.717, 1.165) is 5.56 Å². The summed E-state index contributed by atoms with van der Waals surface area (Å²) >= 11 is 0. The molecule has 1 fully saturated rings. The van der Waals surface area contributed by atoms with Crippen molar-refractivity contribution in [2.24, 2.45) is 0 Å². The third kappa shape index (κ3) is 2.78. The molecule has 0 saturated carbocycles. The van der Waals surface area contributed by atoms with Crippen molar-refractivity contribution in [2.75, 3.05) is 13.1 Å². The summed E-state index contributed by atoms with van der Waals surface area (Å²) in [7, 11) is 0. The maximum atomic E-state index is 12.6. The fourth-order valence-corrected chi connectivity index (χ4v) is 2.52. The van der Waals surface area contributed by atoms with Gasteiger partial charge in [-0.1, -0.05) is 37.3 Å². The number of amides is 2. The zero-order chi connectivity index (χ0) is 13.8. The van der Waals surface area contributed by atoms with Gasteiger partial charge in [-0.05, 0) is 18.9 Å². The number of hydrogen-bond donors (Lipinski definition) is 1. The Hall–Kier alpha value is -1.84. The minimum Gasteiger partial charge on any atom is -0.353 e. The molecule has 102 valence electrons. The number of nitrogens with one attached hydrogen (secondary N) is 1. The van der Waals surface area contributed by atoms with Gasteiger partial charge in [0.2, 0.25) is 11.8 Å². The maximum Gasteiger partial charge on any atom is 0.242 e. The third-order valence-corrected chi connectivity index (χ3v) is 3.67. The lowest BCUT2D eigenvalue weighted by Crippen LogP contribution is -2.57. The molecular weight excluding hydrogens is 240 g/mol. The summed E-state index contributed by atoms with van der Waals surface area (Å²) in [5.74, 6) is -0.212. The number of hydrogen-bond acceptors (Lipinski definition) is 2. The Balaban J connectivity index is 2.16. The molecule has 19 heavy (non-hydrogen) atoms. The molecule has 1 heterocycles. The van der Waals surface area contributed by atoms with E-state index >= 15 is 0 Å². The number of nitrogens with zero attached hydrogens (tertiary/aromatic N) is 1. The Bertz CT molecular complexity index is 458. The van der Waals surface area contributed by atoms with Crippen molar-refractivity contribution in [3.8, 4) is 0 Å². The molecule has 1 aliphatic rings. The molecule has 4 heteroatoms. The lowest BCUT2D eigenvalue weighted by Gasteiger charge is -2.36. The quantitative estimate of drug-likeness (QED) is 0.896. The standard InChI is InChI=1S/C15H20N2O2/c1-3-13-14(18)16-9-10-17(13)15(19)11(2)12-7-5-4-6-8-12/h4-8,11,13H,3,9-10H2,1-2H3,(H,16,18). The highest BCUT2D eigenvalue weighted by Crippen LogP contribution is 2.20. The van der Waals surface area contributed by atoms with Crippen LogP contribution >= 0.6 is 0 Å². The molecular formula is C15H20N2O2. The molecule has 4 nitrogen and oxygen atoms in total. The average molecular weight is 260 g/mol. The molecule has 2 rings (SSSR count). The van der Waals surface area contributed by atoms with Gasteiger partial charge in [0.05, 0.1) is 5.92 Å². The van der Waals surface area contributed by atoms with Crippen LogP contribution in [0.25, 0.3) is 0 Å². The van der Waals surface area contributed by atoms with Crippen LogP contribution in [-0.2, 0) is 9.59 Å². The molecule has 0 spiro atoms. The van der Waals surface area contributed by atoms with Gasteiger partial charge < -0.3 is 10.2 Å². The number of benzene rings is 1. The first-order chi connectivity index (χ1) is 9.15. The largest absolute Gasteiger partial charge is 0.353 e. The molecule has 2 unspecified atom stereocenters. The van der Waals surface area contributed by atoms with E-state index in [1.165, 1.54) is 0 Å². The molecule has 1 N–H and O–H groups in total. The molecule has 1 saturated heterocycles. The summed E-state index contributed by atoms with van der Waals surface area (Å²) in [6, 6.07) is 9.37. The van der Waals surface area contributed by atoms with Gasteiger partial charge in [-0.3, -0.25) is 9.59 Å². The number of carbonyl (C=O) groups excluding carboxylic acids is 2. The normalized spacial score (nSPS) is 20.8. The van der Waals surface area contributed by atoms with Crippen LogP contribution in [0.3, 0.4) is 0 Å². The van der Waals surface area contributed by atoms with Crippen LogP contribution in [0.2, 0.25) is 0 Å². The fourth-order valence-electron chi connectivity index (χ4n) is 2.52. The second-order valence-electron chi connectivity index (χ2n) is 4.88. The first kappa shape index (κ1) is 13.6. The zero-order valence-electron chi connectivity index (χ0n) is 11.4. The Labute approximate surface area is 113 Å². The van der Waals surface area contributed by atoms with E-state index in [9.17, 15) is 9.59 Å². The van der Waals surface area contributed by atoms with Crippen molar-refractivity contribution in [1.29, 1.82) is 0 Å². The molecule has 1 aromatic carbocycles. The van der Waals surface area contributed by atoms with E-state index in [1.807, 2.05) is 44.2 Å². The number of carbonyl (C=O) groups is 2. The van der Waals surface area contributed by atoms with E-state index in [-0.39, 0.29) is 23.8 Å². The van der Waals surface area contributed by atoms with Crippen molar-refractivity contribution < 1.29 is 9.59 Å². The second kappa shape index (κ2) is 5.87. The van der Waals surface area contributed by atoms with Crippen molar-refractivity contribution in [3.05, 3.63) is 35.9 Å². The van der Waals surface area contributed by atoms with Crippen LogP contribution in [0.15, 0.2) is 30.3 Å². The van der Waals surface area contributed by atoms with Gasteiger partial charge in [0, 0.05) is 13.1 Å². The second-order valence-corrected chi connectivity index (χ2v) is 4.88. The highest BCUT2D eigenvalue weighted by molar-refractivity contribution is 5.91. The molecule has 0 aliphatic carbocycles. The lowest BCUT2D eigenvalue weighted by atomic mass is 9.98. The van der Waals surface area contributed by atoms with Gasteiger partial charge in [-0.25, -0.2) is 0 Å². The first-order valence-corrected chi connectivity index (χ1v) is 6.78. The van der Waals surface area contributed by atoms with Gasteiger partial charge >= 0.3 is 0 Å². The van der Waals surface area contributed by atoms with Gasteiger partial charge in [-0.15, -0.1) is 0 Å². The third-order valence-electron chi connectivity index (χ3n) is 3.67. The van der Waals surface area contributed by atoms with Crippen LogP contribution in [0.1, 0.15) is 31.7 Å². The Morgan fingerprint density at radius 1 is 1.42 bits per heavy atom. The van der Waals surface area contributed by atoms with Gasteiger partial charge in [0.25, 0.3) is 0 Å². The molecule has 2 amide bonds. The van der Waals surface area contributed by atoms with Crippen molar-refractivity contribution in [1.82, 2.24) is 10.2 Å². The Morgan fingerprint density at radius 2 is 2.11 bits per heavy atom. The average Bonchev–Trinajstić information content (AvgIpc) is 2.46. The van der Waals surface area contributed by atoms with Crippen molar-refractivity contribution in [2.45, 2.75) is 32.2 Å². The predicted molar refractivity (Wildman–Crippen MR) is 73.7 cm³/mol. The van der Waals surface area contributed by atoms with Crippen LogP contribution < -0.4 is 5.32 Å². The first-order valence-electron chi connectivity index (χ1n) is 6.78. The van der Waals surface area contributed by atoms with E-state index < -0.39 is 0 Å². The van der Waals surface area contributed by atoms with E-state index in [0.29, 0.717) is 19.5 Å². The van der Waals surface area contributed by atoms with Crippen LogP contribution in [-0.4, -0.2) is 35.8 Å². The molecule has 2 atom stereocenters. The van der Waals surface area contributed by atoms with Crippen molar-refractivity contribution in [3.63, 3.8) is 0 Å². The van der Waals surface area contributed by atoms with Crippen LogP contribution in [0, 0.1) is 0 Å². The van der Waals surface area contributed by atoms with Crippen molar-refractivity contribution >= 4 is 11.8 Å². The summed E-state index contributed by atoms with van der Waals surface area (Å²) in [6.45, 7) is 4.97. The molecule has 0 bridgehead atoms. The SMILES string of the molecule is CCC1C(=O)NCCN1C(=O)C(C)c1ccccc1. The highest BCUT2D eigenvalue weighted by Gasteiger charge is 2.33. The van der Waals surface area contributed by atoms with Gasteiger partial charge in [0.15, 0.2) is 0 Å². The predicted octanol–water partition coefficient (Wildman–Crippen LogP) is 1.53. The highest BCUT2D eigenvalue weighted by atomic mass is 16.2. The Morgan fingerprint density at radius 3 is 2.74 bits per heavy atom. The van der Waals surface area contributed by atoms with Crippen LogP contribution in [0.4, 0.5) is 0 Å². The minimum atomic E-state index is -0.326. The molecule has 1 aromatic rings. The monoisotopic (exact) mass is 260 g/mol. The van der Waals surface area contributed by atoms with E-state index in [4.69, 9.17) is 0 Å². The molecule has 0 aromatic heterocycles. The van der Waals surface area contributed by atoms with Gasteiger partial charge in [0.1, 0.15) is 6.04 Å². The van der Waals surface area contributed by atoms with Crippen LogP contribution in [0.5, 0.6) is 0 Å². The molecule has 0 radical (unpaired) electrons. The summed E-state index contributed by atoms with van der Waals surface area (Å²) in [6.07, 6.45) is 0.652. The maximum absolute atomic E-state index is 12.6. The number of piperazine rings is 1. The van der Waals surface area contributed by atoms with E-state index in [1.54, 1.807) is 4.90 Å². The van der Waals surface area contributed by atoms with E-state index in [2.05, 4.69) is 5.32 Å². The minimum absolute atomic E-state index is 0.0351.